The van der Waals surface area contributed by atoms with Gasteiger partial charge in [0.25, 0.3) is 0 Å². The molecule has 0 saturated carbocycles. The maximum absolute atomic E-state index is 6.07. The molecule has 0 spiro atoms. The van der Waals surface area contributed by atoms with Crippen LogP contribution in [0.1, 0.15) is 16.8 Å². The number of nitrogens with zero attached hydrogens (tertiary/aromatic N) is 2. The molecule has 3 nitrogen and oxygen atoms in total. The van der Waals surface area contributed by atoms with Crippen molar-refractivity contribution in [1.29, 1.82) is 0 Å². The monoisotopic (exact) mass is 342 g/mol. The van der Waals surface area contributed by atoms with Crippen molar-refractivity contribution >= 4 is 23.3 Å². The van der Waals surface area contributed by atoms with Gasteiger partial charge in [-0.25, -0.2) is 0 Å². The van der Waals surface area contributed by atoms with E-state index in [0.717, 1.165) is 24.4 Å². The molecule has 0 amide bonds. The summed E-state index contributed by atoms with van der Waals surface area (Å²) in [6.45, 7) is 3.92. The summed E-state index contributed by atoms with van der Waals surface area (Å²) in [5, 5.41) is 1.34. The van der Waals surface area contributed by atoms with Gasteiger partial charge in [-0.3, -0.25) is 0 Å². The van der Waals surface area contributed by atoms with Crippen molar-refractivity contribution in [2.75, 3.05) is 20.6 Å². The second-order valence-electron chi connectivity index (χ2n) is 6.53. The Labute approximate surface area is 149 Å². The molecule has 0 bridgehead atoms. The highest BCUT2D eigenvalue weighted by molar-refractivity contribution is 5.90. The third-order valence-electron chi connectivity index (χ3n) is 4.74. The van der Waals surface area contributed by atoms with Gasteiger partial charge in [-0.2, -0.15) is 0 Å². The standard InChI is InChI=1S/C20H22N2O.ClH/c1-14-16-8-6-7-15-13-23-19-10-5-4-9-18(19)22(20(15)16)17(14)11-12-21(2)3;/h4-10H,11-13H2,1-3H3;1H. The lowest BCUT2D eigenvalue weighted by atomic mass is 10.1. The first-order valence-corrected chi connectivity index (χ1v) is 8.15. The SMILES string of the molecule is Cc1c(CCN(C)C)n2c3c(cccc13)COc1ccccc1-2.Cl. The van der Waals surface area contributed by atoms with Crippen LogP contribution in [-0.2, 0) is 13.0 Å². The van der Waals surface area contributed by atoms with Crippen molar-refractivity contribution in [2.24, 2.45) is 0 Å². The van der Waals surface area contributed by atoms with Gasteiger partial charge in [0.15, 0.2) is 0 Å². The average molecular weight is 343 g/mol. The van der Waals surface area contributed by atoms with E-state index in [4.69, 9.17) is 4.74 Å². The molecule has 3 aromatic rings. The van der Waals surface area contributed by atoms with Crippen LogP contribution >= 0.6 is 12.4 Å². The molecule has 0 fully saturated rings. The molecular formula is C20H23ClN2O. The second kappa shape index (κ2) is 6.50. The average Bonchev–Trinajstić information content (AvgIpc) is 2.73. The highest BCUT2D eigenvalue weighted by Gasteiger charge is 2.22. The molecule has 4 heteroatoms. The third kappa shape index (κ3) is 2.58. The number of likely N-dealkylation sites (N-methyl/N-ethyl adjacent to an activating group) is 1. The minimum absolute atomic E-state index is 0. The maximum atomic E-state index is 6.07. The van der Waals surface area contributed by atoms with Gasteiger partial charge in [-0.05, 0) is 38.7 Å². The Morgan fingerprint density at radius 2 is 1.88 bits per heavy atom. The van der Waals surface area contributed by atoms with E-state index in [1.54, 1.807) is 0 Å². The van der Waals surface area contributed by atoms with Crippen LogP contribution in [-0.4, -0.2) is 30.1 Å². The van der Waals surface area contributed by atoms with E-state index in [0.29, 0.717) is 6.61 Å². The van der Waals surface area contributed by atoms with Gasteiger partial charge in [0, 0.05) is 29.6 Å². The Kier molecular flexibility index (Phi) is 4.57. The Morgan fingerprint density at radius 1 is 1.08 bits per heavy atom. The van der Waals surface area contributed by atoms with Crippen LogP contribution in [0.5, 0.6) is 5.75 Å². The predicted molar refractivity (Wildman–Crippen MR) is 102 cm³/mol. The number of rotatable bonds is 3. The summed E-state index contributed by atoms with van der Waals surface area (Å²) in [6.07, 6.45) is 1.03. The van der Waals surface area contributed by atoms with Crippen LogP contribution in [0.4, 0.5) is 0 Å². The second-order valence-corrected chi connectivity index (χ2v) is 6.53. The van der Waals surface area contributed by atoms with Crippen molar-refractivity contribution in [3.05, 3.63) is 59.3 Å². The summed E-state index contributed by atoms with van der Waals surface area (Å²) >= 11 is 0. The van der Waals surface area contributed by atoms with E-state index in [1.807, 2.05) is 6.07 Å². The van der Waals surface area contributed by atoms with E-state index in [9.17, 15) is 0 Å². The summed E-state index contributed by atoms with van der Waals surface area (Å²) in [7, 11) is 4.26. The number of aryl methyl sites for hydroxylation is 1. The highest BCUT2D eigenvalue weighted by Crippen LogP contribution is 2.37. The molecule has 0 unspecified atom stereocenters. The van der Waals surface area contributed by atoms with Crippen LogP contribution in [0.25, 0.3) is 16.6 Å². The minimum Gasteiger partial charge on any atom is -0.487 e. The first kappa shape index (κ1) is 16.9. The summed E-state index contributed by atoms with van der Waals surface area (Å²) in [6, 6.07) is 14.9. The van der Waals surface area contributed by atoms with Gasteiger partial charge in [-0.1, -0.05) is 30.3 Å². The Morgan fingerprint density at radius 3 is 2.67 bits per heavy atom. The Hall–Kier alpha value is -1.97. The molecular weight excluding hydrogens is 320 g/mol. The third-order valence-corrected chi connectivity index (χ3v) is 4.74. The lowest BCUT2D eigenvalue weighted by Gasteiger charge is -2.15. The molecule has 0 aliphatic carbocycles. The van der Waals surface area contributed by atoms with Crippen LogP contribution in [0.3, 0.4) is 0 Å². The van der Waals surface area contributed by atoms with Crippen molar-refractivity contribution in [3.63, 3.8) is 0 Å². The number of benzene rings is 2. The molecule has 2 heterocycles. The largest absolute Gasteiger partial charge is 0.487 e. The van der Waals surface area contributed by atoms with E-state index in [-0.39, 0.29) is 12.4 Å². The number of hydrogen-bond acceptors (Lipinski definition) is 2. The molecule has 1 aliphatic heterocycles. The molecule has 0 N–H and O–H groups in total. The van der Waals surface area contributed by atoms with E-state index in [1.165, 1.54) is 27.7 Å². The van der Waals surface area contributed by atoms with Gasteiger partial charge >= 0.3 is 0 Å². The summed E-state index contributed by atoms with van der Waals surface area (Å²) in [5.74, 6) is 0.965. The molecule has 1 aromatic heterocycles. The molecule has 2 aromatic carbocycles. The number of hydrogen-bond donors (Lipinski definition) is 0. The zero-order valence-electron chi connectivity index (χ0n) is 14.4. The normalized spacial score (nSPS) is 12.5. The van der Waals surface area contributed by atoms with Gasteiger partial charge < -0.3 is 14.2 Å². The molecule has 4 rings (SSSR count). The van der Waals surface area contributed by atoms with E-state index < -0.39 is 0 Å². The fraction of sp³-hybridized carbons (Fsp3) is 0.300. The molecule has 24 heavy (non-hydrogen) atoms. The quantitative estimate of drug-likeness (QED) is 0.703. The smallest absolute Gasteiger partial charge is 0.143 e. The number of aromatic nitrogens is 1. The highest BCUT2D eigenvalue weighted by atomic mass is 35.5. The van der Waals surface area contributed by atoms with Crippen molar-refractivity contribution in [2.45, 2.75) is 20.0 Å². The van der Waals surface area contributed by atoms with E-state index >= 15 is 0 Å². The molecule has 126 valence electrons. The van der Waals surface area contributed by atoms with Gasteiger partial charge in [-0.15, -0.1) is 12.4 Å². The van der Waals surface area contributed by atoms with Gasteiger partial charge in [0.2, 0.25) is 0 Å². The number of para-hydroxylation sites is 3. The fourth-order valence-corrected chi connectivity index (χ4v) is 3.55. The molecule has 1 aliphatic rings. The predicted octanol–water partition coefficient (Wildman–Crippen LogP) is 4.36. The summed E-state index contributed by atoms with van der Waals surface area (Å²) in [4.78, 5) is 2.24. The molecule has 0 radical (unpaired) electrons. The first-order valence-electron chi connectivity index (χ1n) is 8.15. The summed E-state index contributed by atoms with van der Waals surface area (Å²) in [5.41, 5.74) is 6.51. The lowest BCUT2D eigenvalue weighted by molar-refractivity contribution is 0.309. The van der Waals surface area contributed by atoms with Crippen LogP contribution in [0, 0.1) is 6.92 Å². The number of fused-ring (bicyclic) bond motifs is 2. The van der Waals surface area contributed by atoms with Crippen LogP contribution < -0.4 is 4.74 Å². The zero-order valence-corrected chi connectivity index (χ0v) is 15.2. The maximum Gasteiger partial charge on any atom is 0.143 e. The number of halogens is 1. The number of ether oxygens (including phenoxy) is 1. The zero-order chi connectivity index (χ0) is 16.0. The molecule has 0 saturated heterocycles. The topological polar surface area (TPSA) is 17.4 Å². The van der Waals surface area contributed by atoms with E-state index in [2.05, 4.69) is 66.9 Å². The van der Waals surface area contributed by atoms with Crippen LogP contribution in [0.2, 0.25) is 0 Å². The van der Waals surface area contributed by atoms with Crippen molar-refractivity contribution in [3.8, 4) is 11.4 Å². The summed E-state index contributed by atoms with van der Waals surface area (Å²) < 4.78 is 8.49. The minimum atomic E-state index is 0. The Balaban J connectivity index is 0.00000169. The van der Waals surface area contributed by atoms with Gasteiger partial charge in [0.1, 0.15) is 12.4 Å². The lowest BCUT2D eigenvalue weighted by Crippen LogP contribution is -2.17. The molecule has 0 atom stereocenters. The van der Waals surface area contributed by atoms with Gasteiger partial charge in [0.05, 0.1) is 11.2 Å². The van der Waals surface area contributed by atoms with Crippen LogP contribution in [0.15, 0.2) is 42.5 Å². The first-order chi connectivity index (χ1) is 11.2. The van der Waals surface area contributed by atoms with Crippen molar-refractivity contribution < 1.29 is 4.74 Å². The van der Waals surface area contributed by atoms with Crippen molar-refractivity contribution in [1.82, 2.24) is 9.47 Å². The Bertz CT molecular complexity index is 883. The fourth-order valence-electron chi connectivity index (χ4n) is 3.55.